The van der Waals surface area contributed by atoms with E-state index in [2.05, 4.69) is 34.6 Å². The summed E-state index contributed by atoms with van der Waals surface area (Å²) in [5.74, 6) is -0.0290. The Morgan fingerprint density at radius 2 is 1.83 bits per heavy atom. The van der Waals surface area contributed by atoms with Gasteiger partial charge in [-0.1, -0.05) is 42.0 Å². The molecule has 0 saturated heterocycles. The van der Waals surface area contributed by atoms with Crippen molar-refractivity contribution in [2.24, 2.45) is 0 Å². The molecule has 2 aromatic carbocycles. The number of carbonyl (C=O) groups is 1. The molecule has 0 bridgehead atoms. The monoisotopic (exact) mass is 319 g/mol. The number of hydrogen-bond donors (Lipinski definition) is 1. The number of carbonyl (C=O) groups excluding carboxylic acids is 1. The van der Waals surface area contributed by atoms with Gasteiger partial charge in [-0.05, 0) is 36.6 Å². The molecule has 0 radical (unpaired) electrons. The van der Waals surface area contributed by atoms with Gasteiger partial charge in [0.1, 0.15) is 0 Å². The maximum atomic E-state index is 12.3. The molecule has 3 rings (SSSR count). The predicted octanol–water partition coefficient (Wildman–Crippen LogP) is 3.48. The molecule has 0 atom stereocenters. The Hall–Kier alpha value is -2.88. The molecule has 0 spiro atoms. The molecule has 1 heterocycles. The van der Waals surface area contributed by atoms with E-state index >= 15 is 0 Å². The quantitative estimate of drug-likeness (QED) is 0.782. The fourth-order valence-electron chi connectivity index (χ4n) is 2.61. The molecule has 1 N–H and O–H groups in total. The summed E-state index contributed by atoms with van der Waals surface area (Å²) in [6.07, 6.45) is 5.52. The van der Waals surface area contributed by atoms with Crippen molar-refractivity contribution in [3.05, 3.63) is 89.0 Å². The normalized spacial score (nSPS) is 10.6. The summed E-state index contributed by atoms with van der Waals surface area (Å²) in [4.78, 5) is 16.4. The van der Waals surface area contributed by atoms with Crippen LogP contribution in [0, 0.1) is 13.8 Å². The van der Waals surface area contributed by atoms with Gasteiger partial charge in [0.25, 0.3) is 5.91 Å². The Kier molecular flexibility index (Phi) is 4.75. The van der Waals surface area contributed by atoms with Crippen molar-refractivity contribution in [1.82, 2.24) is 14.9 Å². The summed E-state index contributed by atoms with van der Waals surface area (Å²) in [5.41, 5.74) is 5.12. The van der Waals surface area contributed by atoms with Gasteiger partial charge < -0.3 is 9.88 Å². The highest BCUT2D eigenvalue weighted by atomic mass is 16.1. The van der Waals surface area contributed by atoms with Crippen LogP contribution in [-0.2, 0) is 13.1 Å². The average Bonchev–Trinajstić information content (AvgIpc) is 3.09. The molecule has 4 nitrogen and oxygen atoms in total. The molecule has 0 unspecified atom stereocenters. The fourth-order valence-corrected chi connectivity index (χ4v) is 2.61. The molecular formula is C20H21N3O. The van der Waals surface area contributed by atoms with Crippen LogP contribution in [0.15, 0.2) is 61.2 Å². The van der Waals surface area contributed by atoms with Crippen LogP contribution < -0.4 is 5.32 Å². The van der Waals surface area contributed by atoms with Crippen LogP contribution in [0.3, 0.4) is 0 Å². The first kappa shape index (κ1) is 16.0. The van der Waals surface area contributed by atoms with Crippen molar-refractivity contribution < 1.29 is 4.79 Å². The van der Waals surface area contributed by atoms with Crippen molar-refractivity contribution in [3.63, 3.8) is 0 Å². The van der Waals surface area contributed by atoms with Gasteiger partial charge in [-0.25, -0.2) is 4.98 Å². The second-order valence-electron chi connectivity index (χ2n) is 6.05. The maximum absolute atomic E-state index is 12.3. The molecule has 0 fully saturated rings. The van der Waals surface area contributed by atoms with Gasteiger partial charge >= 0.3 is 0 Å². The Balaban J connectivity index is 1.60. The van der Waals surface area contributed by atoms with E-state index in [9.17, 15) is 4.79 Å². The minimum absolute atomic E-state index is 0.0290. The summed E-state index contributed by atoms with van der Waals surface area (Å²) in [6.45, 7) is 5.28. The third-order valence-electron chi connectivity index (χ3n) is 4.04. The second-order valence-corrected chi connectivity index (χ2v) is 6.05. The summed E-state index contributed by atoms with van der Waals surface area (Å²) < 4.78 is 2.03. The number of nitrogens with one attached hydrogen (secondary N) is 1. The van der Waals surface area contributed by atoms with Crippen LogP contribution in [0.1, 0.15) is 32.6 Å². The number of nitrogens with zero attached hydrogens (tertiary/aromatic N) is 2. The first-order valence-electron chi connectivity index (χ1n) is 8.01. The van der Waals surface area contributed by atoms with E-state index in [0.717, 1.165) is 28.8 Å². The number of imidazole rings is 1. The van der Waals surface area contributed by atoms with Gasteiger partial charge in [0.15, 0.2) is 0 Å². The summed E-state index contributed by atoms with van der Waals surface area (Å²) in [5, 5.41) is 2.99. The molecule has 0 aliphatic carbocycles. The van der Waals surface area contributed by atoms with Crippen LogP contribution in [-0.4, -0.2) is 15.5 Å². The Bertz CT molecular complexity index is 821. The number of rotatable bonds is 5. The smallest absolute Gasteiger partial charge is 0.251 e. The van der Waals surface area contributed by atoms with E-state index in [1.54, 1.807) is 12.5 Å². The van der Waals surface area contributed by atoms with Gasteiger partial charge in [-0.3, -0.25) is 4.79 Å². The SMILES string of the molecule is Cc1ccc(C)c(C(=O)NCc2ccc(Cn3ccnc3)cc2)c1. The predicted molar refractivity (Wildman–Crippen MR) is 94.9 cm³/mol. The van der Waals surface area contributed by atoms with Gasteiger partial charge in [0.2, 0.25) is 0 Å². The number of aryl methyl sites for hydroxylation is 2. The molecule has 0 saturated carbocycles. The van der Waals surface area contributed by atoms with Crippen molar-refractivity contribution in [2.45, 2.75) is 26.9 Å². The van der Waals surface area contributed by atoms with E-state index in [-0.39, 0.29) is 5.91 Å². The van der Waals surface area contributed by atoms with E-state index in [1.165, 1.54) is 5.56 Å². The summed E-state index contributed by atoms with van der Waals surface area (Å²) in [6, 6.07) is 14.2. The first-order valence-corrected chi connectivity index (χ1v) is 8.01. The van der Waals surface area contributed by atoms with Crippen molar-refractivity contribution >= 4 is 5.91 Å². The zero-order valence-electron chi connectivity index (χ0n) is 14.0. The molecule has 1 amide bonds. The standard InChI is InChI=1S/C20H21N3O/c1-15-3-4-16(2)19(11-15)20(24)22-12-17-5-7-18(8-6-17)13-23-10-9-21-14-23/h3-11,14H,12-13H2,1-2H3,(H,22,24). The third-order valence-corrected chi connectivity index (χ3v) is 4.04. The number of amides is 1. The van der Waals surface area contributed by atoms with Gasteiger partial charge in [0, 0.05) is 31.0 Å². The van der Waals surface area contributed by atoms with Crippen molar-refractivity contribution in [3.8, 4) is 0 Å². The highest BCUT2D eigenvalue weighted by molar-refractivity contribution is 5.95. The Morgan fingerprint density at radius 3 is 2.54 bits per heavy atom. The average molecular weight is 319 g/mol. The van der Waals surface area contributed by atoms with E-state index in [0.29, 0.717) is 6.54 Å². The zero-order valence-corrected chi connectivity index (χ0v) is 14.0. The molecule has 3 aromatic rings. The van der Waals surface area contributed by atoms with Crippen LogP contribution in [0.25, 0.3) is 0 Å². The number of aromatic nitrogens is 2. The lowest BCUT2D eigenvalue weighted by Gasteiger charge is -2.09. The third kappa shape index (κ3) is 3.90. The van der Waals surface area contributed by atoms with Crippen LogP contribution >= 0.6 is 0 Å². The van der Waals surface area contributed by atoms with Crippen molar-refractivity contribution in [2.75, 3.05) is 0 Å². The van der Waals surface area contributed by atoms with Gasteiger partial charge in [0.05, 0.1) is 6.33 Å². The lowest BCUT2D eigenvalue weighted by Crippen LogP contribution is -2.23. The molecule has 4 heteroatoms. The minimum atomic E-state index is -0.0290. The topological polar surface area (TPSA) is 46.9 Å². The zero-order chi connectivity index (χ0) is 16.9. The largest absolute Gasteiger partial charge is 0.348 e. The summed E-state index contributed by atoms with van der Waals surface area (Å²) in [7, 11) is 0. The molecule has 0 aliphatic rings. The first-order chi connectivity index (χ1) is 11.6. The molecular weight excluding hydrogens is 298 g/mol. The van der Waals surface area contributed by atoms with Crippen molar-refractivity contribution in [1.29, 1.82) is 0 Å². The molecule has 0 aliphatic heterocycles. The van der Waals surface area contributed by atoms with Crippen LogP contribution in [0.5, 0.6) is 0 Å². The number of benzene rings is 2. The van der Waals surface area contributed by atoms with Gasteiger partial charge in [-0.2, -0.15) is 0 Å². The van der Waals surface area contributed by atoms with E-state index in [1.807, 2.05) is 42.8 Å². The molecule has 24 heavy (non-hydrogen) atoms. The maximum Gasteiger partial charge on any atom is 0.251 e. The molecule has 1 aromatic heterocycles. The second kappa shape index (κ2) is 7.13. The fraction of sp³-hybridized carbons (Fsp3) is 0.200. The number of hydrogen-bond acceptors (Lipinski definition) is 2. The van der Waals surface area contributed by atoms with E-state index in [4.69, 9.17) is 0 Å². The minimum Gasteiger partial charge on any atom is -0.348 e. The Labute approximate surface area is 142 Å². The van der Waals surface area contributed by atoms with E-state index < -0.39 is 0 Å². The highest BCUT2D eigenvalue weighted by Gasteiger charge is 2.08. The summed E-state index contributed by atoms with van der Waals surface area (Å²) >= 11 is 0. The van der Waals surface area contributed by atoms with Crippen LogP contribution in [0.2, 0.25) is 0 Å². The highest BCUT2D eigenvalue weighted by Crippen LogP contribution is 2.11. The van der Waals surface area contributed by atoms with Gasteiger partial charge in [-0.15, -0.1) is 0 Å². The Morgan fingerprint density at radius 1 is 1.08 bits per heavy atom. The lowest BCUT2D eigenvalue weighted by atomic mass is 10.0. The van der Waals surface area contributed by atoms with Crippen LogP contribution in [0.4, 0.5) is 0 Å². The lowest BCUT2D eigenvalue weighted by molar-refractivity contribution is 0.0950. The molecule has 122 valence electrons.